The van der Waals surface area contributed by atoms with Crippen LogP contribution in [0.15, 0.2) is 17.1 Å². The highest BCUT2D eigenvalue weighted by Crippen LogP contribution is 2.38. The minimum atomic E-state index is -4.79. The number of phosphoric acid groups is 1. The van der Waals surface area contributed by atoms with E-state index in [0.29, 0.717) is 0 Å². The number of hydrogen-bond donors (Lipinski definition) is 8. The lowest BCUT2D eigenvalue weighted by Gasteiger charge is -2.17. The van der Waals surface area contributed by atoms with Crippen LogP contribution in [0.5, 0.6) is 0 Å². The third kappa shape index (κ3) is 4.47. The summed E-state index contributed by atoms with van der Waals surface area (Å²) in [5.74, 6) is 0. The maximum absolute atomic E-state index is 11.8. The van der Waals surface area contributed by atoms with E-state index in [-0.39, 0.29) is 17.0 Å². The zero-order valence-corrected chi connectivity index (χ0v) is 13.2. The predicted octanol–water partition coefficient (Wildman–Crippen LogP) is -2.58. The summed E-state index contributed by atoms with van der Waals surface area (Å²) in [4.78, 5) is 29.0. The average Bonchev–Trinajstić information content (AvgIpc) is 2.70. The van der Waals surface area contributed by atoms with Crippen LogP contribution in [0.2, 0.25) is 0 Å². The summed E-state index contributed by atoms with van der Waals surface area (Å²) in [5.41, 5.74) is -1.60. The molecule has 0 unspecified atom stereocenters. The Kier molecular flexibility index (Phi) is 7.44. The van der Waals surface area contributed by atoms with Crippen molar-refractivity contribution in [3.05, 3.63) is 28.2 Å². The lowest BCUT2D eigenvalue weighted by molar-refractivity contribution is -0.0571. The molecule has 12 N–H and O–H groups in total. The van der Waals surface area contributed by atoms with Crippen LogP contribution < -0.4 is 23.5 Å². The Bertz CT molecular complexity index is 714. The number of ether oxygens (including phenoxy) is 1. The maximum atomic E-state index is 11.8. The van der Waals surface area contributed by atoms with Crippen molar-refractivity contribution in [3.8, 4) is 0 Å². The third-order valence-corrected chi connectivity index (χ3v) is 3.53. The van der Waals surface area contributed by atoms with Crippen molar-refractivity contribution in [2.45, 2.75) is 24.5 Å². The van der Waals surface area contributed by atoms with Gasteiger partial charge in [0.25, 0.3) is 0 Å². The minimum Gasteiger partial charge on any atom is -0.422 e. The zero-order chi connectivity index (χ0) is 16.7. The van der Waals surface area contributed by atoms with Gasteiger partial charge in [0, 0.05) is 12.3 Å². The second kappa shape index (κ2) is 7.98. The molecule has 4 atom stereocenters. The van der Waals surface area contributed by atoms with Crippen LogP contribution in [-0.4, -0.2) is 59.4 Å². The highest BCUT2D eigenvalue weighted by molar-refractivity contribution is 7.46. The standard InChI is InChI=1S/C9H14N3O9P.2H3N/c10-5-1-2-11(9(15)12(5)16)8-7(14)6(13)4(21-8)3-20-22(17,18)19;;/h1-2,4,6-8,10,13-14,16H,3H2,(H2,17,18,19);2*1H3/t4-,6-,7-,8-;;/m1../s1. The van der Waals surface area contributed by atoms with E-state index in [1.165, 1.54) is 0 Å². The van der Waals surface area contributed by atoms with E-state index in [0.717, 1.165) is 16.8 Å². The molecule has 1 aromatic rings. The zero-order valence-electron chi connectivity index (χ0n) is 12.3. The molecule has 0 radical (unpaired) electrons. The molecule has 0 aliphatic carbocycles. The Morgan fingerprint density at radius 1 is 1.29 bits per heavy atom. The number of aliphatic hydroxyl groups excluding tert-OH is 2. The van der Waals surface area contributed by atoms with Gasteiger partial charge in [0.15, 0.2) is 11.7 Å². The van der Waals surface area contributed by atoms with Gasteiger partial charge in [-0.15, -0.1) is 4.73 Å². The molecule has 14 nitrogen and oxygen atoms in total. The van der Waals surface area contributed by atoms with Crippen LogP contribution in [-0.2, 0) is 13.8 Å². The molecule has 1 aromatic heterocycles. The fourth-order valence-corrected chi connectivity index (χ4v) is 2.30. The first-order chi connectivity index (χ1) is 10.1. The van der Waals surface area contributed by atoms with Gasteiger partial charge >= 0.3 is 13.5 Å². The van der Waals surface area contributed by atoms with Crippen LogP contribution in [0, 0.1) is 5.41 Å². The predicted molar refractivity (Wildman–Crippen MR) is 75.7 cm³/mol. The number of aromatic nitrogens is 2. The van der Waals surface area contributed by atoms with Gasteiger partial charge in [-0.25, -0.2) is 9.36 Å². The van der Waals surface area contributed by atoms with Gasteiger partial charge in [0.1, 0.15) is 18.3 Å². The van der Waals surface area contributed by atoms with E-state index in [2.05, 4.69) is 4.52 Å². The average molecular weight is 373 g/mol. The third-order valence-electron chi connectivity index (χ3n) is 3.04. The van der Waals surface area contributed by atoms with Crippen molar-refractivity contribution in [2.24, 2.45) is 0 Å². The fraction of sp³-hybridized carbons (Fsp3) is 0.556. The first-order valence-corrected chi connectivity index (χ1v) is 7.44. The molecule has 1 aliphatic rings. The Morgan fingerprint density at radius 3 is 2.42 bits per heavy atom. The summed E-state index contributed by atoms with van der Waals surface area (Å²) < 4.78 is 20.7. The van der Waals surface area contributed by atoms with Gasteiger partial charge in [-0.05, 0) is 0 Å². The Balaban J connectivity index is 0.00000264. The molecule has 140 valence electrons. The highest BCUT2D eigenvalue weighted by Gasteiger charge is 2.45. The highest BCUT2D eigenvalue weighted by atomic mass is 31.2. The number of nitrogens with zero attached hydrogens (tertiary/aromatic N) is 2. The number of phosphoric ester groups is 1. The lowest BCUT2D eigenvalue weighted by atomic mass is 10.1. The number of hydrogen-bond acceptors (Lipinski definition) is 10. The van der Waals surface area contributed by atoms with Gasteiger partial charge < -0.3 is 42.2 Å². The van der Waals surface area contributed by atoms with E-state index in [9.17, 15) is 24.8 Å². The Morgan fingerprint density at radius 2 is 1.88 bits per heavy atom. The molecule has 1 aliphatic heterocycles. The van der Waals surface area contributed by atoms with Crippen LogP contribution in [0.1, 0.15) is 6.23 Å². The molecule has 0 saturated carbocycles. The second-order valence-corrected chi connectivity index (χ2v) is 5.77. The largest absolute Gasteiger partial charge is 0.469 e. The van der Waals surface area contributed by atoms with Gasteiger partial charge in [-0.2, -0.15) is 0 Å². The molecule has 15 heteroatoms. The van der Waals surface area contributed by atoms with Gasteiger partial charge in [0.2, 0.25) is 0 Å². The molecule has 2 rings (SSSR count). The fourth-order valence-electron chi connectivity index (χ4n) is 1.96. The van der Waals surface area contributed by atoms with Crippen molar-refractivity contribution >= 4 is 7.82 Å². The van der Waals surface area contributed by atoms with E-state index >= 15 is 0 Å². The van der Waals surface area contributed by atoms with E-state index in [1.807, 2.05) is 0 Å². The van der Waals surface area contributed by atoms with E-state index in [1.54, 1.807) is 0 Å². The molecular formula is C9H20N5O9P. The molecule has 2 heterocycles. The summed E-state index contributed by atoms with van der Waals surface area (Å²) in [6, 6.07) is 1.04. The topological polar surface area (TPSA) is 257 Å². The van der Waals surface area contributed by atoms with Crippen molar-refractivity contribution in [2.75, 3.05) is 6.61 Å². The number of nitrogens with one attached hydrogen (secondary N) is 1. The minimum absolute atomic E-state index is 0. The van der Waals surface area contributed by atoms with Crippen molar-refractivity contribution in [3.63, 3.8) is 0 Å². The van der Waals surface area contributed by atoms with Crippen LogP contribution >= 0.6 is 7.82 Å². The monoisotopic (exact) mass is 373 g/mol. The van der Waals surface area contributed by atoms with Crippen LogP contribution in [0.25, 0.3) is 0 Å². The van der Waals surface area contributed by atoms with Gasteiger partial charge in [-0.1, -0.05) is 0 Å². The second-order valence-electron chi connectivity index (χ2n) is 4.54. The molecule has 0 aromatic carbocycles. The van der Waals surface area contributed by atoms with Crippen LogP contribution in [0.3, 0.4) is 0 Å². The van der Waals surface area contributed by atoms with Crippen molar-refractivity contribution < 1.29 is 39.0 Å². The van der Waals surface area contributed by atoms with Crippen LogP contribution in [0.4, 0.5) is 0 Å². The molecule has 1 saturated heterocycles. The van der Waals surface area contributed by atoms with E-state index < -0.39 is 50.1 Å². The number of rotatable bonds is 4. The maximum Gasteiger partial charge on any atom is 0.469 e. The van der Waals surface area contributed by atoms with Crippen molar-refractivity contribution in [1.82, 2.24) is 21.6 Å². The summed E-state index contributed by atoms with van der Waals surface area (Å²) in [7, 11) is -4.79. The van der Waals surface area contributed by atoms with E-state index in [4.69, 9.17) is 19.9 Å². The summed E-state index contributed by atoms with van der Waals surface area (Å²) in [5, 5.41) is 36.2. The van der Waals surface area contributed by atoms with Gasteiger partial charge in [-0.3, -0.25) is 14.5 Å². The van der Waals surface area contributed by atoms with Gasteiger partial charge in [0.05, 0.1) is 6.61 Å². The number of aliphatic hydroxyl groups is 2. The SMILES string of the molecule is N.N.N=c1ccn([C@@H]2O[C@H](COP(=O)(O)O)[C@@H](O)[C@H]2O)c(=O)n1O. The Labute approximate surface area is 134 Å². The summed E-state index contributed by atoms with van der Waals surface area (Å²) >= 11 is 0. The molecule has 0 spiro atoms. The molecule has 0 amide bonds. The molecule has 1 fully saturated rings. The summed E-state index contributed by atoms with van der Waals surface area (Å²) in [6.07, 6.45) is -4.86. The molecule has 24 heavy (non-hydrogen) atoms. The lowest BCUT2D eigenvalue weighted by Crippen LogP contribution is -2.42. The summed E-state index contributed by atoms with van der Waals surface area (Å²) in [6.45, 7) is -0.719. The first kappa shape index (κ1) is 22.4. The normalized spacial score (nSPS) is 26.5. The van der Waals surface area contributed by atoms with Crippen molar-refractivity contribution in [1.29, 1.82) is 5.41 Å². The molecular weight excluding hydrogens is 353 g/mol. The quantitative estimate of drug-likeness (QED) is 0.201. The molecule has 0 bridgehead atoms. The Hall–Kier alpha value is -1.61. The first-order valence-electron chi connectivity index (χ1n) is 5.91. The smallest absolute Gasteiger partial charge is 0.422 e.